The lowest BCUT2D eigenvalue weighted by Crippen LogP contribution is -2.43. The predicted molar refractivity (Wildman–Crippen MR) is 62.5 cm³/mol. The molecule has 1 fully saturated rings. The number of nitrogens with one attached hydrogen (secondary N) is 1. The summed E-state index contributed by atoms with van der Waals surface area (Å²) in [6.45, 7) is 3.88. The van der Waals surface area contributed by atoms with Crippen LogP contribution >= 0.6 is 0 Å². The van der Waals surface area contributed by atoms with E-state index in [0.717, 1.165) is 0 Å². The first-order valence-electron chi connectivity index (χ1n) is 5.57. The Hall–Kier alpha value is -1.62. The Balaban J connectivity index is 2.04. The van der Waals surface area contributed by atoms with Crippen LogP contribution in [0.4, 0.5) is 14.9 Å². The van der Waals surface area contributed by atoms with Crippen molar-refractivity contribution in [3.63, 3.8) is 0 Å². The van der Waals surface area contributed by atoms with E-state index < -0.39 is 0 Å². The van der Waals surface area contributed by atoms with E-state index in [0.29, 0.717) is 37.6 Å². The highest BCUT2D eigenvalue weighted by molar-refractivity contribution is 5.90. The van der Waals surface area contributed by atoms with E-state index in [1.165, 1.54) is 6.07 Å². The fourth-order valence-electron chi connectivity index (χ4n) is 1.70. The molecule has 1 N–H and O–H groups in total. The molecule has 0 aromatic heterocycles. The summed E-state index contributed by atoms with van der Waals surface area (Å²) in [6.07, 6.45) is 0. The second-order valence-corrected chi connectivity index (χ2v) is 3.94. The van der Waals surface area contributed by atoms with E-state index in [1.54, 1.807) is 24.0 Å². The number of ether oxygens (including phenoxy) is 1. The molecule has 5 heteroatoms. The Bertz CT molecular complexity index is 417. The Labute approximate surface area is 99.4 Å². The first-order valence-corrected chi connectivity index (χ1v) is 5.57. The van der Waals surface area contributed by atoms with Gasteiger partial charge in [0.1, 0.15) is 5.82 Å². The van der Waals surface area contributed by atoms with Crippen molar-refractivity contribution < 1.29 is 13.9 Å². The molecule has 0 spiro atoms. The third-order valence-corrected chi connectivity index (χ3v) is 2.81. The molecule has 1 aliphatic rings. The number of nitrogens with zero attached hydrogens (tertiary/aromatic N) is 1. The zero-order chi connectivity index (χ0) is 12.3. The van der Waals surface area contributed by atoms with Crippen LogP contribution in [0.3, 0.4) is 0 Å². The van der Waals surface area contributed by atoms with Crippen LogP contribution in [0.1, 0.15) is 5.56 Å². The van der Waals surface area contributed by atoms with Gasteiger partial charge in [-0.15, -0.1) is 0 Å². The summed E-state index contributed by atoms with van der Waals surface area (Å²) in [5, 5.41) is 2.71. The summed E-state index contributed by atoms with van der Waals surface area (Å²) in [6, 6.07) is 4.44. The predicted octanol–water partition coefficient (Wildman–Crippen LogP) is 2.00. The molecule has 0 saturated carbocycles. The van der Waals surface area contributed by atoms with Gasteiger partial charge in [0.25, 0.3) is 0 Å². The molecule has 92 valence electrons. The van der Waals surface area contributed by atoms with E-state index in [2.05, 4.69) is 5.32 Å². The van der Waals surface area contributed by atoms with Crippen molar-refractivity contribution in [2.24, 2.45) is 0 Å². The Morgan fingerprint density at radius 2 is 2.12 bits per heavy atom. The molecular formula is C12H15FN2O2. The number of rotatable bonds is 1. The second kappa shape index (κ2) is 5.14. The largest absolute Gasteiger partial charge is 0.378 e. The van der Waals surface area contributed by atoms with Crippen molar-refractivity contribution >= 4 is 11.7 Å². The fraction of sp³-hybridized carbons (Fsp3) is 0.417. The molecule has 0 radical (unpaired) electrons. The van der Waals surface area contributed by atoms with Gasteiger partial charge in [0, 0.05) is 24.3 Å². The molecule has 1 aliphatic heterocycles. The first-order chi connectivity index (χ1) is 8.18. The minimum Gasteiger partial charge on any atom is -0.378 e. The van der Waals surface area contributed by atoms with Crippen LogP contribution in [0.15, 0.2) is 18.2 Å². The minimum atomic E-state index is -0.315. The van der Waals surface area contributed by atoms with Gasteiger partial charge in [-0.25, -0.2) is 9.18 Å². The van der Waals surface area contributed by atoms with E-state index in [4.69, 9.17) is 4.74 Å². The number of carbonyl (C=O) groups excluding carboxylic acids is 1. The van der Waals surface area contributed by atoms with Crippen molar-refractivity contribution in [3.8, 4) is 0 Å². The lowest BCUT2D eigenvalue weighted by molar-refractivity contribution is 0.0564. The summed E-state index contributed by atoms with van der Waals surface area (Å²) < 4.78 is 18.4. The lowest BCUT2D eigenvalue weighted by Gasteiger charge is -2.27. The molecule has 1 heterocycles. The average molecular weight is 238 g/mol. The standard InChI is InChI=1S/C12H15FN2O2/c1-9-10(13)3-2-4-11(9)14-12(16)15-5-7-17-8-6-15/h2-4H,5-8H2,1H3,(H,14,16). The number of amides is 2. The Morgan fingerprint density at radius 3 is 2.82 bits per heavy atom. The molecule has 1 aromatic rings. The van der Waals surface area contributed by atoms with Crippen LogP contribution in [0.5, 0.6) is 0 Å². The van der Waals surface area contributed by atoms with Gasteiger partial charge in [0.05, 0.1) is 13.2 Å². The van der Waals surface area contributed by atoms with E-state index in [9.17, 15) is 9.18 Å². The molecule has 0 bridgehead atoms. The van der Waals surface area contributed by atoms with Crippen molar-refractivity contribution in [1.29, 1.82) is 0 Å². The quantitative estimate of drug-likeness (QED) is 0.813. The molecule has 1 saturated heterocycles. The maximum Gasteiger partial charge on any atom is 0.322 e. The normalized spacial score (nSPS) is 15.8. The summed E-state index contributed by atoms with van der Waals surface area (Å²) in [7, 11) is 0. The van der Waals surface area contributed by atoms with Gasteiger partial charge in [-0.2, -0.15) is 0 Å². The van der Waals surface area contributed by atoms with Gasteiger partial charge in [0.15, 0.2) is 0 Å². The number of carbonyl (C=O) groups is 1. The minimum absolute atomic E-state index is 0.206. The van der Waals surface area contributed by atoms with Gasteiger partial charge >= 0.3 is 6.03 Å². The SMILES string of the molecule is Cc1c(F)cccc1NC(=O)N1CCOCC1. The first kappa shape index (κ1) is 11.9. The van der Waals surface area contributed by atoms with E-state index in [-0.39, 0.29) is 11.8 Å². The zero-order valence-corrected chi connectivity index (χ0v) is 9.70. The maximum atomic E-state index is 13.3. The van der Waals surface area contributed by atoms with Gasteiger partial charge in [0.2, 0.25) is 0 Å². The molecule has 17 heavy (non-hydrogen) atoms. The van der Waals surface area contributed by atoms with Crippen LogP contribution in [0, 0.1) is 12.7 Å². The molecule has 0 atom stereocenters. The molecule has 4 nitrogen and oxygen atoms in total. The van der Waals surface area contributed by atoms with Crippen LogP contribution in [-0.2, 0) is 4.74 Å². The number of anilines is 1. The van der Waals surface area contributed by atoms with E-state index in [1.807, 2.05) is 0 Å². The van der Waals surface area contributed by atoms with Crippen molar-refractivity contribution in [2.75, 3.05) is 31.6 Å². The highest BCUT2D eigenvalue weighted by Crippen LogP contribution is 2.18. The number of urea groups is 1. The number of benzene rings is 1. The fourth-order valence-corrected chi connectivity index (χ4v) is 1.70. The van der Waals surface area contributed by atoms with Crippen molar-refractivity contribution in [2.45, 2.75) is 6.92 Å². The molecule has 0 unspecified atom stereocenters. The summed E-state index contributed by atoms with van der Waals surface area (Å²) in [5.74, 6) is -0.315. The van der Waals surface area contributed by atoms with Crippen LogP contribution in [0.25, 0.3) is 0 Å². The zero-order valence-electron chi connectivity index (χ0n) is 9.70. The number of hydrogen-bond donors (Lipinski definition) is 1. The second-order valence-electron chi connectivity index (χ2n) is 3.94. The molecular weight excluding hydrogens is 223 g/mol. The van der Waals surface area contributed by atoms with Gasteiger partial charge in [-0.3, -0.25) is 0 Å². The molecule has 2 amide bonds. The average Bonchev–Trinajstić information content (AvgIpc) is 2.36. The van der Waals surface area contributed by atoms with Crippen molar-refractivity contribution in [3.05, 3.63) is 29.6 Å². The van der Waals surface area contributed by atoms with Gasteiger partial charge < -0.3 is 15.0 Å². The Morgan fingerprint density at radius 1 is 1.41 bits per heavy atom. The molecule has 1 aromatic carbocycles. The topological polar surface area (TPSA) is 41.6 Å². The summed E-state index contributed by atoms with van der Waals surface area (Å²) in [4.78, 5) is 13.5. The van der Waals surface area contributed by atoms with E-state index >= 15 is 0 Å². The third kappa shape index (κ3) is 2.74. The van der Waals surface area contributed by atoms with Crippen LogP contribution < -0.4 is 5.32 Å². The number of hydrogen-bond acceptors (Lipinski definition) is 2. The number of morpholine rings is 1. The summed E-state index contributed by atoms with van der Waals surface area (Å²) >= 11 is 0. The highest BCUT2D eigenvalue weighted by atomic mass is 19.1. The van der Waals surface area contributed by atoms with Crippen LogP contribution in [0.2, 0.25) is 0 Å². The van der Waals surface area contributed by atoms with Gasteiger partial charge in [-0.05, 0) is 19.1 Å². The summed E-state index contributed by atoms with van der Waals surface area (Å²) in [5.41, 5.74) is 0.968. The van der Waals surface area contributed by atoms with Crippen LogP contribution in [-0.4, -0.2) is 37.2 Å². The van der Waals surface area contributed by atoms with Gasteiger partial charge in [-0.1, -0.05) is 6.07 Å². The van der Waals surface area contributed by atoms with Crippen molar-refractivity contribution in [1.82, 2.24) is 4.90 Å². The highest BCUT2D eigenvalue weighted by Gasteiger charge is 2.17. The molecule has 0 aliphatic carbocycles. The Kier molecular flexibility index (Phi) is 3.58. The molecule has 2 rings (SSSR count). The maximum absolute atomic E-state index is 13.3. The monoisotopic (exact) mass is 238 g/mol. The number of halogens is 1. The third-order valence-electron chi connectivity index (χ3n) is 2.81. The lowest BCUT2D eigenvalue weighted by atomic mass is 10.2. The smallest absolute Gasteiger partial charge is 0.322 e.